The van der Waals surface area contributed by atoms with Gasteiger partial charge in [-0.25, -0.2) is 4.68 Å². The lowest BCUT2D eigenvalue weighted by Gasteiger charge is -2.28. The normalized spacial score (nSPS) is 14.8. The van der Waals surface area contributed by atoms with Crippen LogP contribution < -0.4 is 14.8 Å². The van der Waals surface area contributed by atoms with Gasteiger partial charge in [0.15, 0.2) is 17.3 Å². The van der Waals surface area contributed by atoms with Crippen LogP contribution in [0.4, 0.5) is 5.95 Å². The van der Waals surface area contributed by atoms with Crippen LogP contribution in [0.5, 0.6) is 11.5 Å². The smallest absolute Gasteiger partial charge is 0.227 e. The summed E-state index contributed by atoms with van der Waals surface area (Å²) < 4.78 is 14.5. The maximum absolute atomic E-state index is 12.8. The minimum Gasteiger partial charge on any atom is -0.490 e. The van der Waals surface area contributed by atoms with Crippen LogP contribution in [-0.4, -0.2) is 33.8 Å². The molecule has 2 aromatic carbocycles. The van der Waals surface area contributed by atoms with E-state index in [1.165, 1.54) is 11.8 Å². The van der Waals surface area contributed by atoms with Gasteiger partial charge in [0.1, 0.15) is 6.04 Å². The van der Waals surface area contributed by atoms with Crippen LogP contribution in [0.2, 0.25) is 5.02 Å². The van der Waals surface area contributed by atoms with Crippen LogP contribution in [0.25, 0.3) is 0 Å². The summed E-state index contributed by atoms with van der Waals surface area (Å²) in [7, 11) is 0. The number of rotatable bonds is 11. The summed E-state index contributed by atoms with van der Waals surface area (Å²) in [6.07, 6.45) is 1.98. The molecule has 0 fully saturated rings. The van der Waals surface area contributed by atoms with Gasteiger partial charge in [0.2, 0.25) is 11.1 Å². The van der Waals surface area contributed by atoms with E-state index in [9.17, 15) is 4.79 Å². The molecule has 1 atom stereocenters. The maximum Gasteiger partial charge on any atom is 0.227 e. The number of hydrogen-bond acceptors (Lipinski definition) is 7. The molecule has 4 rings (SSSR count). The predicted molar refractivity (Wildman–Crippen MR) is 152 cm³/mol. The first kappa shape index (κ1) is 27.5. The van der Waals surface area contributed by atoms with E-state index >= 15 is 0 Å². The van der Waals surface area contributed by atoms with Crippen molar-refractivity contribution in [2.24, 2.45) is 0 Å². The van der Waals surface area contributed by atoms with Crippen molar-refractivity contribution in [3.63, 3.8) is 0 Å². The summed E-state index contributed by atoms with van der Waals surface area (Å²) in [6.45, 7) is 8.60. The first-order chi connectivity index (χ1) is 17.8. The predicted octanol–water partition coefficient (Wildman–Crippen LogP) is 7.44. The number of hydrogen-bond donors (Lipinski definition) is 1. The Bertz CT molecular complexity index is 1330. The average molecular weight is 606 g/mol. The van der Waals surface area contributed by atoms with Crippen LogP contribution >= 0.6 is 39.3 Å². The number of ketones is 1. The van der Waals surface area contributed by atoms with Crippen molar-refractivity contribution in [2.45, 2.75) is 57.5 Å². The Morgan fingerprint density at radius 2 is 2.03 bits per heavy atom. The second-order valence-electron chi connectivity index (χ2n) is 8.63. The van der Waals surface area contributed by atoms with Gasteiger partial charge in [-0.2, -0.15) is 4.98 Å². The molecule has 1 aliphatic rings. The lowest BCUT2D eigenvalue weighted by Crippen LogP contribution is -2.28. The molecule has 0 bridgehead atoms. The molecule has 1 N–H and O–H groups in total. The number of thioether (sulfide) groups is 1. The van der Waals surface area contributed by atoms with Crippen molar-refractivity contribution in [3.05, 3.63) is 68.3 Å². The third-order valence-corrected chi connectivity index (χ3v) is 7.76. The lowest BCUT2D eigenvalue weighted by atomic mass is 9.93. The first-order valence-electron chi connectivity index (χ1n) is 12.2. The van der Waals surface area contributed by atoms with Gasteiger partial charge < -0.3 is 14.8 Å². The highest BCUT2D eigenvalue weighted by molar-refractivity contribution is 9.10. The van der Waals surface area contributed by atoms with Gasteiger partial charge in [0, 0.05) is 22.0 Å². The van der Waals surface area contributed by atoms with Gasteiger partial charge in [-0.15, -0.1) is 5.10 Å². The van der Waals surface area contributed by atoms with Gasteiger partial charge >= 0.3 is 0 Å². The largest absolute Gasteiger partial charge is 0.490 e. The molecule has 0 saturated heterocycles. The molecule has 2 heterocycles. The molecule has 1 aliphatic heterocycles. The van der Waals surface area contributed by atoms with E-state index in [-0.39, 0.29) is 5.78 Å². The van der Waals surface area contributed by atoms with E-state index in [4.69, 9.17) is 31.2 Å². The number of benzene rings is 2. The highest BCUT2D eigenvalue weighted by Crippen LogP contribution is 2.43. The maximum atomic E-state index is 12.8. The Labute approximate surface area is 235 Å². The zero-order valence-electron chi connectivity index (χ0n) is 21.3. The Balaban J connectivity index is 1.73. The van der Waals surface area contributed by atoms with Crippen LogP contribution in [-0.2, 0) is 10.5 Å². The van der Waals surface area contributed by atoms with Crippen molar-refractivity contribution < 1.29 is 14.3 Å². The summed E-state index contributed by atoms with van der Waals surface area (Å²) in [6, 6.07) is 11.2. The fourth-order valence-corrected chi connectivity index (χ4v) is 5.87. The molecule has 196 valence electrons. The fraction of sp³-hybridized carbons (Fsp3) is 0.370. The number of ether oxygens (including phenoxy) is 2. The summed E-state index contributed by atoms with van der Waals surface area (Å²) in [5, 5.41) is 9.36. The Morgan fingerprint density at radius 1 is 1.24 bits per heavy atom. The van der Waals surface area contributed by atoms with E-state index in [0.717, 1.165) is 34.1 Å². The van der Waals surface area contributed by atoms with E-state index < -0.39 is 6.04 Å². The van der Waals surface area contributed by atoms with Crippen molar-refractivity contribution in [1.82, 2.24) is 14.8 Å². The summed E-state index contributed by atoms with van der Waals surface area (Å²) in [5.41, 5.74) is 3.22. The van der Waals surface area contributed by atoms with Crippen LogP contribution in [0, 0.1) is 0 Å². The second kappa shape index (κ2) is 12.4. The minimum atomic E-state index is -0.476. The molecule has 10 heteroatoms. The number of carbonyl (C=O) groups is 1. The van der Waals surface area contributed by atoms with Crippen LogP contribution in [0.15, 0.2) is 57.3 Å². The number of nitrogens with one attached hydrogen (secondary N) is 1. The molecular weight excluding hydrogens is 576 g/mol. The Kier molecular flexibility index (Phi) is 9.21. The van der Waals surface area contributed by atoms with Crippen molar-refractivity contribution >= 4 is 51.0 Å². The number of Topliss-reactive ketones (excluding diaryl/α,β-unsaturated/α-hetero) is 1. The quantitative estimate of drug-likeness (QED) is 0.180. The van der Waals surface area contributed by atoms with Crippen molar-refractivity contribution in [3.8, 4) is 11.5 Å². The molecule has 1 aromatic heterocycles. The topological polar surface area (TPSA) is 78.3 Å². The number of carbonyl (C=O) groups excluding carboxylic acids is 1. The Hall–Kier alpha value is -2.49. The molecule has 0 amide bonds. The number of unbranched alkanes of at least 4 members (excludes halogenated alkanes) is 1. The van der Waals surface area contributed by atoms with Gasteiger partial charge in [0.25, 0.3) is 0 Å². The van der Waals surface area contributed by atoms with Gasteiger partial charge in [-0.1, -0.05) is 54.9 Å². The lowest BCUT2D eigenvalue weighted by molar-refractivity contribution is -0.114. The van der Waals surface area contributed by atoms with Crippen molar-refractivity contribution in [2.75, 3.05) is 18.5 Å². The highest BCUT2D eigenvalue weighted by atomic mass is 79.9. The van der Waals surface area contributed by atoms with Gasteiger partial charge in [-0.3, -0.25) is 4.79 Å². The number of allylic oxidation sites excluding steroid dienone is 2. The average Bonchev–Trinajstić information content (AvgIpc) is 3.26. The molecule has 7 nitrogen and oxygen atoms in total. The second-order valence-corrected chi connectivity index (χ2v) is 10.8. The summed E-state index contributed by atoms with van der Waals surface area (Å²) >= 11 is 11.5. The SMILES string of the molecule is CCCCOc1c(Br)cc(C2C(C(C)=O)=C(C)Nc3nc(SCc4ccccc4Cl)nn32)cc1OCC. The summed E-state index contributed by atoms with van der Waals surface area (Å²) in [5.74, 6) is 2.44. The minimum absolute atomic E-state index is 0.0428. The Morgan fingerprint density at radius 3 is 2.73 bits per heavy atom. The molecule has 3 aromatic rings. The first-order valence-corrected chi connectivity index (χ1v) is 14.4. The van der Waals surface area contributed by atoms with E-state index in [1.54, 1.807) is 11.6 Å². The molecule has 1 unspecified atom stereocenters. The van der Waals surface area contributed by atoms with E-state index in [0.29, 0.717) is 52.2 Å². The molecular formula is C27H30BrClN4O3S. The molecule has 0 radical (unpaired) electrons. The van der Waals surface area contributed by atoms with Crippen LogP contribution in [0.3, 0.4) is 0 Å². The molecule has 0 aliphatic carbocycles. The summed E-state index contributed by atoms with van der Waals surface area (Å²) in [4.78, 5) is 17.6. The van der Waals surface area contributed by atoms with Gasteiger partial charge in [-0.05, 0) is 72.4 Å². The van der Waals surface area contributed by atoms with E-state index in [2.05, 4.69) is 28.2 Å². The number of fused-ring (bicyclic) bond motifs is 1. The number of aromatic nitrogens is 3. The van der Waals surface area contributed by atoms with Gasteiger partial charge in [0.05, 0.1) is 17.7 Å². The van der Waals surface area contributed by atoms with Crippen LogP contribution in [0.1, 0.15) is 57.7 Å². The monoisotopic (exact) mass is 604 g/mol. The van der Waals surface area contributed by atoms with Crippen molar-refractivity contribution in [1.29, 1.82) is 0 Å². The zero-order chi connectivity index (χ0) is 26.5. The molecule has 37 heavy (non-hydrogen) atoms. The third kappa shape index (κ3) is 6.16. The fourth-order valence-electron chi connectivity index (χ4n) is 4.18. The zero-order valence-corrected chi connectivity index (χ0v) is 24.5. The van der Waals surface area contributed by atoms with E-state index in [1.807, 2.05) is 50.2 Å². The highest BCUT2D eigenvalue weighted by Gasteiger charge is 2.34. The number of anilines is 1. The molecule has 0 spiro atoms. The molecule has 0 saturated carbocycles. The standard InChI is InChI=1S/C27H30BrClN4O3S/c1-5-7-12-36-25-20(28)13-19(14-22(25)35-6-2)24-23(17(4)34)16(3)30-26-31-27(32-33(24)26)37-15-18-10-8-9-11-21(18)29/h8-11,13-14,24H,5-7,12,15H2,1-4H3,(H,30,31,32). The number of halogens is 2. The number of nitrogens with zero attached hydrogens (tertiary/aromatic N) is 3. The third-order valence-electron chi connectivity index (χ3n) is 5.92.